The van der Waals surface area contributed by atoms with Crippen molar-refractivity contribution in [2.45, 2.75) is 39.7 Å². The van der Waals surface area contributed by atoms with Gasteiger partial charge in [-0.3, -0.25) is 9.69 Å². The van der Waals surface area contributed by atoms with E-state index in [-0.39, 0.29) is 17.6 Å². The number of halogens is 1. The number of nitrogens with zero attached hydrogens (tertiary/aromatic N) is 1. The molecule has 1 fully saturated rings. The highest BCUT2D eigenvalue weighted by Gasteiger charge is 2.35. The monoisotopic (exact) mass is 322 g/mol. The Morgan fingerprint density at radius 3 is 2.87 bits per heavy atom. The Bertz CT molecular complexity index is 589. The summed E-state index contributed by atoms with van der Waals surface area (Å²) in [6.45, 7) is 6.33. The van der Waals surface area contributed by atoms with Crippen molar-refractivity contribution in [1.29, 1.82) is 0 Å². The second-order valence-corrected chi connectivity index (χ2v) is 6.22. The van der Waals surface area contributed by atoms with E-state index in [2.05, 4.69) is 5.32 Å². The van der Waals surface area contributed by atoms with Crippen LogP contribution in [0.3, 0.4) is 0 Å². The maximum atomic E-state index is 13.6. The molecular weight excluding hydrogens is 299 g/mol. The molecular formula is C17H23FN2O3. The van der Waals surface area contributed by atoms with Crippen LogP contribution in [0.15, 0.2) is 18.2 Å². The van der Waals surface area contributed by atoms with Crippen molar-refractivity contribution in [2.24, 2.45) is 5.92 Å². The normalized spacial score (nSPS) is 17.4. The molecule has 126 valence electrons. The van der Waals surface area contributed by atoms with Gasteiger partial charge in [-0.05, 0) is 37.8 Å². The summed E-state index contributed by atoms with van der Waals surface area (Å²) in [5.74, 6) is -0.441. The first-order valence-electron chi connectivity index (χ1n) is 7.89. The van der Waals surface area contributed by atoms with Gasteiger partial charge in [-0.2, -0.15) is 0 Å². The van der Waals surface area contributed by atoms with Crippen LogP contribution >= 0.6 is 0 Å². The molecule has 5 nitrogen and oxygen atoms in total. The molecule has 2 rings (SSSR count). The third kappa shape index (κ3) is 4.21. The van der Waals surface area contributed by atoms with Gasteiger partial charge in [-0.25, -0.2) is 9.18 Å². The Balaban J connectivity index is 2.03. The fourth-order valence-corrected chi connectivity index (χ4v) is 2.54. The summed E-state index contributed by atoms with van der Waals surface area (Å²) in [6.07, 6.45) is 0.862. The minimum atomic E-state index is -0.572. The number of ether oxygens (including phenoxy) is 1. The van der Waals surface area contributed by atoms with Gasteiger partial charge in [-0.1, -0.05) is 19.9 Å². The number of hydrogen-bond acceptors (Lipinski definition) is 3. The number of likely N-dealkylation sites (tertiary alicyclic amines) is 1. The fraction of sp³-hybridized carbons (Fsp3) is 0.529. The minimum absolute atomic E-state index is 0.240. The predicted molar refractivity (Wildman–Crippen MR) is 85.7 cm³/mol. The highest BCUT2D eigenvalue weighted by Crippen LogP contribution is 2.22. The van der Waals surface area contributed by atoms with Gasteiger partial charge >= 0.3 is 6.09 Å². The smallest absolute Gasteiger partial charge is 0.410 e. The standard InChI is InChI=1S/C17H23FN2O3/c1-11(2)10-23-17(22)20-9-5-8-15(20)16(21)19-14-7-4-6-13(18)12(14)3/h4,6-7,11,15H,5,8-10H2,1-3H3,(H,19,21)/t15-/m1/s1. The summed E-state index contributed by atoms with van der Waals surface area (Å²) in [6, 6.07) is 3.96. The lowest BCUT2D eigenvalue weighted by Gasteiger charge is -2.24. The van der Waals surface area contributed by atoms with E-state index in [0.717, 1.165) is 6.42 Å². The van der Waals surface area contributed by atoms with E-state index in [1.165, 1.54) is 11.0 Å². The van der Waals surface area contributed by atoms with E-state index in [9.17, 15) is 14.0 Å². The van der Waals surface area contributed by atoms with E-state index in [4.69, 9.17) is 4.74 Å². The van der Waals surface area contributed by atoms with Crippen LogP contribution in [-0.4, -0.2) is 36.1 Å². The van der Waals surface area contributed by atoms with Crippen LogP contribution < -0.4 is 5.32 Å². The molecule has 1 aromatic rings. The lowest BCUT2D eigenvalue weighted by atomic mass is 10.1. The van der Waals surface area contributed by atoms with E-state index in [0.29, 0.717) is 30.8 Å². The van der Waals surface area contributed by atoms with E-state index in [1.807, 2.05) is 13.8 Å². The van der Waals surface area contributed by atoms with Crippen molar-refractivity contribution in [1.82, 2.24) is 4.90 Å². The highest BCUT2D eigenvalue weighted by molar-refractivity contribution is 5.97. The molecule has 1 aliphatic rings. The molecule has 0 aliphatic carbocycles. The molecule has 23 heavy (non-hydrogen) atoms. The second kappa shape index (κ2) is 7.44. The maximum absolute atomic E-state index is 13.6. The highest BCUT2D eigenvalue weighted by atomic mass is 19.1. The third-order valence-corrected chi connectivity index (χ3v) is 3.86. The molecule has 1 saturated heterocycles. The van der Waals surface area contributed by atoms with Crippen LogP contribution in [0.1, 0.15) is 32.3 Å². The lowest BCUT2D eigenvalue weighted by Crippen LogP contribution is -2.43. The van der Waals surface area contributed by atoms with Crippen LogP contribution in [-0.2, 0) is 9.53 Å². The average molecular weight is 322 g/mol. The molecule has 1 atom stereocenters. The van der Waals surface area contributed by atoms with Crippen molar-refractivity contribution in [3.8, 4) is 0 Å². The van der Waals surface area contributed by atoms with Crippen LogP contribution in [0.2, 0.25) is 0 Å². The molecule has 0 unspecified atom stereocenters. The Kier molecular flexibility index (Phi) is 5.58. The molecule has 1 heterocycles. The zero-order chi connectivity index (χ0) is 17.0. The SMILES string of the molecule is Cc1c(F)cccc1NC(=O)[C@H]1CCCN1C(=O)OCC(C)C. The molecule has 1 aromatic carbocycles. The summed E-state index contributed by atoms with van der Waals surface area (Å²) >= 11 is 0. The largest absolute Gasteiger partial charge is 0.449 e. The molecule has 1 aliphatic heterocycles. The molecule has 1 N–H and O–H groups in total. The van der Waals surface area contributed by atoms with Gasteiger partial charge in [-0.15, -0.1) is 0 Å². The Labute approximate surface area is 135 Å². The Hall–Kier alpha value is -2.11. The average Bonchev–Trinajstić information content (AvgIpc) is 2.99. The number of carbonyl (C=O) groups excluding carboxylic acids is 2. The summed E-state index contributed by atoms with van der Waals surface area (Å²) in [4.78, 5) is 26.0. The fourth-order valence-electron chi connectivity index (χ4n) is 2.54. The van der Waals surface area contributed by atoms with Gasteiger partial charge in [0, 0.05) is 17.8 Å². The molecule has 0 spiro atoms. The zero-order valence-electron chi connectivity index (χ0n) is 13.8. The van der Waals surface area contributed by atoms with E-state index >= 15 is 0 Å². The predicted octanol–water partition coefficient (Wildman–Crippen LogP) is 3.33. The summed E-state index contributed by atoms with van der Waals surface area (Å²) in [7, 11) is 0. The number of carbonyl (C=O) groups is 2. The van der Waals surface area contributed by atoms with Crippen molar-refractivity contribution in [3.63, 3.8) is 0 Å². The molecule has 2 amide bonds. The van der Waals surface area contributed by atoms with Gasteiger partial charge in [0.2, 0.25) is 5.91 Å². The van der Waals surface area contributed by atoms with Crippen molar-refractivity contribution in [3.05, 3.63) is 29.6 Å². The Morgan fingerprint density at radius 1 is 1.43 bits per heavy atom. The van der Waals surface area contributed by atoms with E-state index < -0.39 is 12.1 Å². The van der Waals surface area contributed by atoms with Crippen molar-refractivity contribution >= 4 is 17.7 Å². The van der Waals surface area contributed by atoms with Crippen molar-refractivity contribution < 1.29 is 18.7 Å². The van der Waals surface area contributed by atoms with Crippen LogP contribution in [0, 0.1) is 18.7 Å². The van der Waals surface area contributed by atoms with Crippen LogP contribution in [0.5, 0.6) is 0 Å². The van der Waals surface area contributed by atoms with Gasteiger partial charge in [0.15, 0.2) is 0 Å². The summed E-state index contributed by atoms with van der Waals surface area (Å²) in [5.41, 5.74) is 0.810. The quantitative estimate of drug-likeness (QED) is 0.925. The second-order valence-electron chi connectivity index (χ2n) is 6.22. The lowest BCUT2D eigenvalue weighted by molar-refractivity contribution is -0.120. The summed E-state index contributed by atoms with van der Waals surface area (Å²) < 4.78 is 18.8. The van der Waals surface area contributed by atoms with Crippen molar-refractivity contribution in [2.75, 3.05) is 18.5 Å². The zero-order valence-corrected chi connectivity index (χ0v) is 13.8. The molecule has 0 radical (unpaired) electrons. The minimum Gasteiger partial charge on any atom is -0.449 e. The first-order chi connectivity index (χ1) is 10.9. The van der Waals surface area contributed by atoms with E-state index in [1.54, 1.807) is 19.1 Å². The number of amides is 2. The van der Waals surface area contributed by atoms with Gasteiger partial charge in [0.05, 0.1) is 6.61 Å². The van der Waals surface area contributed by atoms with Gasteiger partial charge in [0.1, 0.15) is 11.9 Å². The van der Waals surface area contributed by atoms with Gasteiger partial charge in [0.25, 0.3) is 0 Å². The number of nitrogens with one attached hydrogen (secondary N) is 1. The maximum Gasteiger partial charge on any atom is 0.410 e. The molecule has 0 aromatic heterocycles. The molecule has 0 bridgehead atoms. The third-order valence-electron chi connectivity index (χ3n) is 3.86. The number of hydrogen-bond donors (Lipinski definition) is 1. The summed E-state index contributed by atoms with van der Waals surface area (Å²) in [5, 5.41) is 2.71. The van der Waals surface area contributed by atoms with Crippen LogP contribution in [0.25, 0.3) is 0 Å². The molecule has 0 saturated carbocycles. The number of anilines is 1. The van der Waals surface area contributed by atoms with Gasteiger partial charge < -0.3 is 10.1 Å². The number of benzene rings is 1. The molecule has 6 heteroatoms. The first-order valence-corrected chi connectivity index (χ1v) is 7.89. The topological polar surface area (TPSA) is 58.6 Å². The number of rotatable bonds is 4. The Morgan fingerprint density at radius 2 is 2.17 bits per heavy atom. The van der Waals surface area contributed by atoms with Crippen LogP contribution in [0.4, 0.5) is 14.9 Å². The first kappa shape index (κ1) is 17.2.